The number of benzene rings is 1. The van der Waals surface area contributed by atoms with Crippen molar-refractivity contribution in [2.45, 2.75) is 63.5 Å². The maximum atomic E-state index is 10.1. The normalized spacial score (nSPS) is 24.4. The Labute approximate surface area is 181 Å². The van der Waals surface area contributed by atoms with E-state index < -0.39 is 0 Å². The van der Waals surface area contributed by atoms with Gasteiger partial charge >= 0.3 is 0 Å². The standard InChI is InChI=1S/C25H27N3O3/c1-16-4-2-5-19(26-16)22-23(17-6-7-20-21(14-17)31-15-30-20)28-13-3-10-25(24(28)27-22)11-8-18(29)9-12-25/h2,4-7,14,18,29H,3,8-13,15H2,1H3. The van der Waals surface area contributed by atoms with Gasteiger partial charge in [-0.2, -0.15) is 0 Å². The second kappa shape index (κ2) is 7.09. The molecule has 0 amide bonds. The van der Waals surface area contributed by atoms with Crippen molar-refractivity contribution in [3.05, 3.63) is 47.9 Å². The van der Waals surface area contributed by atoms with Crippen molar-refractivity contribution in [2.24, 2.45) is 0 Å². The van der Waals surface area contributed by atoms with Crippen molar-refractivity contribution in [3.8, 4) is 34.1 Å². The maximum Gasteiger partial charge on any atom is 0.231 e. The van der Waals surface area contributed by atoms with Gasteiger partial charge in [0.05, 0.1) is 17.5 Å². The Balaban J connectivity index is 1.56. The zero-order chi connectivity index (χ0) is 21.0. The first-order valence-corrected chi connectivity index (χ1v) is 11.3. The molecular formula is C25H27N3O3. The predicted molar refractivity (Wildman–Crippen MR) is 117 cm³/mol. The molecule has 1 aromatic carbocycles. The molecule has 31 heavy (non-hydrogen) atoms. The van der Waals surface area contributed by atoms with Crippen LogP contribution < -0.4 is 9.47 Å². The lowest BCUT2D eigenvalue weighted by atomic mass is 9.68. The molecular weight excluding hydrogens is 390 g/mol. The van der Waals surface area contributed by atoms with Gasteiger partial charge in [0.2, 0.25) is 6.79 Å². The molecule has 0 radical (unpaired) electrons. The molecule has 6 nitrogen and oxygen atoms in total. The molecule has 1 fully saturated rings. The van der Waals surface area contributed by atoms with Crippen LogP contribution in [-0.2, 0) is 12.0 Å². The number of rotatable bonds is 2. The number of hydrogen-bond donors (Lipinski definition) is 1. The minimum absolute atomic E-state index is 0.0463. The quantitative estimate of drug-likeness (QED) is 0.659. The third-order valence-corrected chi connectivity index (χ3v) is 7.17. The number of pyridine rings is 1. The fourth-order valence-electron chi connectivity index (χ4n) is 5.58. The summed E-state index contributed by atoms with van der Waals surface area (Å²) in [7, 11) is 0. The Hall–Kier alpha value is -2.86. The molecule has 0 unspecified atom stereocenters. The molecule has 1 N–H and O–H groups in total. The number of aryl methyl sites for hydroxylation is 1. The van der Waals surface area contributed by atoms with E-state index in [1.54, 1.807) is 0 Å². The highest BCUT2D eigenvalue weighted by atomic mass is 16.7. The van der Waals surface area contributed by atoms with E-state index in [1.165, 1.54) is 0 Å². The van der Waals surface area contributed by atoms with Crippen LogP contribution in [-0.4, -0.2) is 32.5 Å². The van der Waals surface area contributed by atoms with E-state index in [0.29, 0.717) is 0 Å². The zero-order valence-corrected chi connectivity index (χ0v) is 17.8. The van der Waals surface area contributed by atoms with E-state index in [9.17, 15) is 5.11 Å². The number of fused-ring (bicyclic) bond motifs is 3. The lowest BCUT2D eigenvalue weighted by molar-refractivity contribution is 0.0815. The maximum absolute atomic E-state index is 10.1. The van der Waals surface area contributed by atoms with Crippen molar-refractivity contribution in [2.75, 3.05) is 6.79 Å². The van der Waals surface area contributed by atoms with Crippen LogP contribution in [0.5, 0.6) is 11.5 Å². The van der Waals surface area contributed by atoms with Gasteiger partial charge in [-0.15, -0.1) is 0 Å². The van der Waals surface area contributed by atoms with Crippen LogP contribution in [0.2, 0.25) is 0 Å². The van der Waals surface area contributed by atoms with E-state index in [2.05, 4.69) is 22.8 Å². The first kappa shape index (κ1) is 18.9. The number of aliphatic hydroxyl groups excluding tert-OH is 1. The van der Waals surface area contributed by atoms with Crippen LogP contribution in [0.25, 0.3) is 22.6 Å². The lowest BCUT2D eigenvalue weighted by Gasteiger charge is -2.41. The number of hydrogen-bond acceptors (Lipinski definition) is 5. The van der Waals surface area contributed by atoms with Crippen LogP contribution in [0.15, 0.2) is 36.4 Å². The molecule has 1 saturated carbocycles. The molecule has 6 rings (SSSR count). The molecule has 2 aliphatic heterocycles. The van der Waals surface area contributed by atoms with Gasteiger partial charge in [0.1, 0.15) is 11.5 Å². The van der Waals surface area contributed by atoms with Crippen molar-refractivity contribution in [3.63, 3.8) is 0 Å². The summed E-state index contributed by atoms with van der Waals surface area (Å²) in [6.07, 6.45) is 5.77. The summed E-state index contributed by atoms with van der Waals surface area (Å²) in [6, 6.07) is 12.3. The molecule has 0 bridgehead atoms. The lowest BCUT2D eigenvalue weighted by Crippen LogP contribution is -2.39. The number of imidazole rings is 1. The summed E-state index contributed by atoms with van der Waals surface area (Å²) in [6.45, 7) is 3.23. The number of aliphatic hydroxyl groups is 1. The van der Waals surface area contributed by atoms with E-state index in [4.69, 9.17) is 19.4 Å². The van der Waals surface area contributed by atoms with Crippen molar-refractivity contribution in [1.29, 1.82) is 0 Å². The average molecular weight is 418 g/mol. The van der Waals surface area contributed by atoms with Gasteiger partial charge in [-0.1, -0.05) is 6.07 Å². The molecule has 6 heteroatoms. The van der Waals surface area contributed by atoms with Gasteiger partial charge in [0, 0.05) is 23.2 Å². The van der Waals surface area contributed by atoms with Gasteiger partial charge in [-0.25, -0.2) is 4.98 Å². The van der Waals surface area contributed by atoms with Gasteiger partial charge < -0.3 is 19.1 Å². The first-order chi connectivity index (χ1) is 15.1. The van der Waals surface area contributed by atoms with Crippen LogP contribution in [0.1, 0.15) is 50.0 Å². The largest absolute Gasteiger partial charge is 0.454 e. The van der Waals surface area contributed by atoms with Crippen LogP contribution in [0.4, 0.5) is 0 Å². The summed E-state index contributed by atoms with van der Waals surface area (Å²) in [5, 5.41) is 10.1. The second-order valence-corrected chi connectivity index (χ2v) is 9.13. The molecule has 0 saturated heterocycles. The minimum Gasteiger partial charge on any atom is -0.454 e. The molecule has 1 aliphatic carbocycles. The topological polar surface area (TPSA) is 69.4 Å². The summed E-state index contributed by atoms with van der Waals surface area (Å²) < 4.78 is 13.6. The SMILES string of the molecule is Cc1cccc(-c2nc3n(c2-c2ccc4c(c2)OCO4)CCCC32CCC(O)CC2)n1. The highest BCUT2D eigenvalue weighted by molar-refractivity contribution is 5.79. The molecule has 4 heterocycles. The Morgan fingerprint density at radius 3 is 2.71 bits per heavy atom. The van der Waals surface area contributed by atoms with Crippen molar-refractivity contribution in [1.82, 2.24) is 14.5 Å². The molecule has 3 aromatic rings. The Morgan fingerprint density at radius 2 is 1.87 bits per heavy atom. The Kier molecular flexibility index (Phi) is 4.32. The summed E-state index contributed by atoms with van der Waals surface area (Å²) in [4.78, 5) is 10.1. The number of nitrogens with zero attached hydrogens (tertiary/aromatic N) is 3. The summed E-state index contributed by atoms with van der Waals surface area (Å²) in [5.41, 5.74) is 5.05. The number of aromatic nitrogens is 3. The minimum atomic E-state index is -0.179. The fourth-order valence-corrected chi connectivity index (χ4v) is 5.58. The predicted octanol–water partition coefficient (Wildman–Crippen LogP) is 4.62. The van der Waals surface area contributed by atoms with E-state index in [-0.39, 0.29) is 18.3 Å². The first-order valence-electron chi connectivity index (χ1n) is 11.3. The van der Waals surface area contributed by atoms with Gasteiger partial charge in [-0.3, -0.25) is 4.98 Å². The van der Waals surface area contributed by atoms with Crippen LogP contribution >= 0.6 is 0 Å². The third-order valence-electron chi connectivity index (χ3n) is 7.17. The highest BCUT2D eigenvalue weighted by Crippen LogP contribution is 2.49. The highest BCUT2D eigenvalue weighted by Gasteiger charge is 2.43. The van der Waals surface area contributed by atoms with Gasteiger partial charge in [0.15, 0.2) is 11.5 Å². The summed E-state index contributed by atoms with van der Waals surface area (Å²) >= 11 is 0. The van der Waals surface area contributed by atoms with Crippen molar-refractivity contribution < 1.29 is 14.6 Å². The van der Waals surface area contributed by atoms with E-state index >= 15 is 0 Å². The smallest absolute Gasteiger partial charge is 0.231 e. The van der Waals surface area contributed by atoms with Crippen LogP contribution in [0.3, 0.4) is 0 Å². The zero-order valence-electron chi connectivity index (χ0n) is 17.8. The molecule has 160 valence electrons. The third kappa shape index (κ3) is 3.04. The Bertz CT molecular complexity index is 1140. The van der Waals surface area contributed by atoms with E-state index in [1.807, 2.05) is 25.1 Å². The van der Waals surface area contributed by atoms with Gasteiger partial charge in [-0.05, 0) is 75.8 Å². The molecule has 0 atom stereocenters. The Morgan fingerprint density at radius 1 is 1.03 bits per heavy atom. The summed E-state index contributed by atoms with van der Waals surface area (Å²) in [5.74, 6) is 2.73. The average Bonchev–Trinajstić information content (AvgIpc) is 3.41. The molecule has 1 spiro atoms. The van der Waals surface area contributed by atoms with Gasteiger partial charge in [0.25, 0.3) is 0 Å². The molecule has 3 aliphatic rings. The van der Waals surface area contributed by atoms with Crippen molar-refractivity contribution >= 4 is 0 Å². The number of ether oxygens (including phenoxy) is 2. The monoisotopic (exact) mass is 417 g/mol. The van der Waals surface area contributed by atoms with E-state index in [0.717, 1.165) is 90.7 Å². The molecule has 2 aromatic heterocycles. The second-order valence-electron chi connectivity index (χ2n) is 9.13. The van der Waals surface area contributed by atoms with Crippen LogP contribution in [0, 0.1) is 6.92 Å². The fraction of sp³-hybridized carbons (Fsp3) is 0.440.